The van der Waals surface area contributed by atoms with E-state index in [4.69, 9.17) is 0 Å². The van der Waals surface area contributed by atoms with Crippen LogP contribution in [0.15, 0.2) is 60.9 Å². The largest absolute Gasteiger partial charge is 0.508 e. The first kappa shape index (κ1) is 14.7. The number of aromatic hydroxyl groups is 1. The number of phenolic OH excluding ortho intramolecular Hbond substituents is 1. The van der Waals surface area contributed by atoms with Gasteiger partial charge in [-0.1, -0.05) is 24.3 Å². The number of hydrogen-bond acceptors (Lipinski definition) is 4. The lowest BCUT2D eigenvalue weighted by Crippen LogP contribution is -2.05. The fourth-order valence-electron chi connectivity index (χ4n) is 2.27. The van der Waals surface area contributed by atoms with E-state index in [0.29, 0.717) is 17.1 Å². The molecular weight excluding hydrogens is 290 g/mol. The molecule has 0 aliphatic carbocycles. The summed E-state index contributed by atoms with van der Waals surface area (Å²) in [5.74, 6) is 0.0594. The number of nitrogens with zero attached hydrogens (tertiary/aromatic N) is 2. The summed E-state index contributed by atoms with van der Waals surface area (Å²) in [5, 5.41) is 12.3. The third kappa shape index (κ3) is 3.52. The first-order chi connectivity index (χ1) is 11.1. The molecule has 1 aromatic heterocycles. The maximum absolute atomic E-state index is 11.2. The Morgan fingerprint density at radius 2 is 1.65 bits per heavy atom. The van der Waals surface area contributed by atoms with Crippen molar-refractivity contribution < 1.29 is 9.90 Å². The monoisotopic (exact) mass is 305 g/mol. The van der Waals surface area contributed by atoms with Crippen LogP contribution in [0.25, 0.3) is 22.5 Å². The summed E-state index contributed by atoms with van der Waals surface area (Å²) in [5.41, 5.74) is 3.71. The van der Waals surface area contributed by atoms with Crippen molar-refractivity contribution in [3.8, 4) is 28.3 Å². The molecule has 0 bridgehead atoms. The molecule has 1 amide bonds. The first-order valence-electron chi connectivity index (χ1n) is 7.11. The molecule has 5 nitrogen and oxygen atoms in total. The highest BCUT2D eigenvalue weighted by molar-refractivity contribution is 5.89. The maximum atomic E-state index is 11.2. The highest BCUT2D eigenvalue weighted by Crippen LogP contribution is 2.25. The number of carbonyl (C=O) groups is 1. The number of phenols is 1. The minimum absolute atomic E-state index is 0.123. The summed E-state index contributed by atoms with van der Waals surface area (Å²) in [6.45, 7) is 1.47. The molecule has 0 spiro atoms. The summed E-state index contributed by atoms with van der Waals surface area (Å²) in [4.78, 5) is 20.0. The molecule has 0 radical (unpaired) electrons. The quantitative estimate of drug-likeness (QED) is 0.777. The van der Waals surface area contributed by atoms with Crippen molar-refractivity contribution in [3.05, 3.63) is 60.9 Å². The smallest absolute Gasteiger partial charge is 0.221 e. The van der Waals surface area contributed by atoms with Crippen molar-refractivity contribution >= 4 is 11.6 Å². The van der Waals surface area contributed by atoms with E-state index in [2.05, 4.69) is 15.3 Å². The summed E-state index contributed by atoms with van der Waals surface area (Å²) in [7, 11) is 0. The molecule has 0 unspecified atom stereocenters. The van der Waals surface area contributed by atoms with E-state index in [1.54, 1.807) is 30.6 Å². The zero-order chi connectivity index (χ0) is 16.2. The molecule has 5 heteroatoms. The highest BCUT2D eigenvalue weighted by Gasteiger charge is 2.06. The van der Waals surface area contributed by atoms with Crippen molar-refractivity contribution in [2.24, 2.45) is 0 Å². The van der Waals surface area contributed by atoms with Crippen LogP contribution < -0.4 is 5.32 Å². The van der Waals surface area contributed by atoms with Gasteiger partial charge in [-0.25, -0.2) is 4.98 Å². The number of amides is 1. The van der Waals surface area contributed by atoms with E-state index in [1.807, 2.05) is 30.3 Å². The van der Waals surface area contributed by atoms with Crippen LogP contribution in [0, 0.1) is 0 Å². The third-order valence-electron chi connectivity index (χ3n) is 3.26. The number of benzene rings is 2. The van der Waals surface area contributed by atoms with Gasteiger partial charge in [-0.3, -0.25) is 9.78 Å². The van der Waals surface area contributed by atoms with E-state index < -0.39 is 0 Å². The van der Waals surface area contributed by atoms with Crippen LogP contribution in [0.3, 0.4) is 0 Å². The number of carbonyl (C=O) groups excluding carboxylic acids is 1. The summed E-state index contributed by atoms with van der Waals surface area (Å²) >= 11 is 0. The van der Waals surface area contributed by atoms with E-state index >= 15 is 0 Å². The normalized spacial score (nSPS) is 10.3. The van der Waals surface area contributed by atoms with Crippen LogP contribution in [0.5, 0.6) is 5.75 Å². The Labute approximate surface area is 133 Å². The van der Waals surface area contributed by atoms with Gasteiger partial charge in [-0.15, -0.1) is 0 Å². The van der Waals surface area contributed by atoms with Gasteiger partial charge in [0.05, 0.1) is 23.8 Å². The summed E-state index contributed by atoms with van der Waals surface area (Å²) in [6, 6.07) is 14.3. The van der Waals surface area contributed by atoms with Gasteiger partial charge < -0.3 is 10.4 Å². The van der Waals surface area contributed by atoms with E-state index in [-0.39, 0.29) is 11.7 Å². The molecule has 114 valence electrons. The van der Waals surface area contributed by atoms with Crippen LogP contribution in [0.2, 0.25) is 0 Å². The molecule has 1 heterocycles. The number of aromatic nitrogens is 2. The summed E-state index contributed by atoms with van der Waals surface area (Å²) < 4.78 is 0. The molecule has 3 aromatic rings. The first-order valence-corrected chi connectivity index (χ1v) is 7.11. The van der Waals surface area contributed by atoms with Crippen LogP contribution in [0.4, 0.5) is 5.69 Å². The molecule has 3 rings (SSSR count). The Hall–Kier alpha value is -3.21. The van der Waals surface area contributed by atoms with Crippen LogP contribution in [-0.4, -0.2) is 21.0 Å². The molecule has 0 fully saturated rings. The second-order valence-corrected chi connectivity index (χ2v) is 5.10. The van der Waals surface area contributed by atoms with E-state index in [1.165, 1.54) is 6.92 Å². The lowest BCUT2D eigenvalue weighted by molar-refractivity contribution is -0.114. The van der Waals surface area contributed by atoms with Gasteiger partial charge in [-0.05, 0) is 24.3 Å². The number of hydrogen-bond donors (Lipinski definition) is 2. The Kier molecular flexibility index (Phi) is 4.01. The minimum Gasteiger partial charge on any atom is -0.508 e. The Balaban J connectivity index is 1.98. The molecule has 0 aliphatic rings. The summed E-state index contributed by atoms with van der Waals surface area (Å²) in [6.07, 6.45) is 3.31. The lowest BCUT2D eigenvalue weighted by atomic mass is 10.1. The lowest BCUT2D eigenvalue weighted by Gasteiger charge is -2.07. The van der Waals surface area contributed by atoms with Crippen molar-refractivity contribution in [3.63, 3.8) is 0 Å². The van der Waals surface area contributed by atoms with Gasteiger partial charge in [0, 0.05) is 23.7 Å². The molecule has 0 atom stereocenters. The molecule has 2 N–H and O–H groups in total. The number of anilines is 1. The second-order valence-electron chi connectivity index (χ2n) is 5.10. The predicted molar refractivity (Wildman–Crippen MR) is 88.9 cm³/mol. The van der Waals surface area contributed by atoms with Gasteiger partial charge in [0.25, 0.3) is 0 Å². The Morgan fingerprint density at radius 1 is 1.00 bits per heavy atom. The zero-order valence-electron chi connectivity index (χ0n) is 12.5. The molecule has 0 aliphatic heterocycles. The van der Waals surface area contributed by atoms with Crippen molar-refractivity contribution in [2.75, 3.05) is 5.32 Å². The average molecular weight is 305 g/mol. The fourth-order valence-corrected chi connectivity index (χ4v) is 2.27. The topological polar surface area (TPSA) is 75.1 Å². The van der Waals surface area contributed by atoms with E-state index in [0.717, 1.165) is 11.1 Å². The standard InChI is InChI=1S/C18H15N3O2/c1-12(22)20-15-6-2-4-13(8-15)17-10-19-11-18(21-17)14-5-3-7-16(23)9-14/h2-11,23H,1H3,(H,20,22). The van der Waals surface area contributed by atoms with E-state index in [9.17, 15) is 9.90 Å². The molecule has 2 aromatic carbocycles. The number of nitrogens with one attached hydrogen (secondary N) is 1. The SMILES string of the molecule is CC(=O)Nc1cccc(-c2cncc(-c3cccc(O)c3)n2)c1. The van der Waals surface area contributed by atoms with Gasteiger partial charge in [0.2, 0.25) is 5.91 Å². The van der Waals surface area contributed by atoms with Gasteiger partial charge >= 0.3 is 0 Å². The zero-order valence-corrected chi connectivity index (χ0v) is 12.5. The van der Waals surface area contributed by atoms with Crippen molar-refractivity contribution in [1.29, 1.82) is 0 Å². The molecule has 0 saturated carbocycles. The average Bonchev–Trinajstić information content (AvgIpc) is 2.55. The fraction of sp³-hybridized carbons (Fsp3) is 0.0556. The van der Waals surface area contributed by atoms with Crippen molar-refractivity contribution in [2.45, 2.75) is 6.92 Å². The van der Waals surface area contributed by atoms with Gasteiger partial charge in [-0.2, -0.15) is 0 Å². The van der Waals surface area contributed by atoms with Crippen LogP contribution in [-0.2, 0) is 4.79 Å². The number of rotatable bonds is 3. The van der Waals surface area contributed by atoms with Crippen LogP contribution in [0.1, 0.15) is 6.92 Å². The maximum Gasteiger partial charge on any atom is 0.221 e. The molecule has 0 saturated heterocycles. The second kappa shape index (κ2) is 6.27. The third-order valence-corrected chi connectivity index (χ3v) is 3.26. The van der Waals surface area contributed by atoms with Gasteiger partial charge in [0.15, 0.2) is 0 Å². The molecule has 23 heavy (non-hydrogen) atoms. The van der Waals surface area contributed by atoms with Gasteiger partial charge in [0.1, 0.15) is 5.75 Å². The molecular formula is C18H15N3O2. The van der Waals surface area contributed by atoms with Crippen LogP contribution >= 0.6 is 0 Å². The Morgan fingerprint density at radius 3 is 2.30 bits per heavy atom. The Bertz CT molecular complexity index is 862. The van der Waals surface area contributed by atoms with Crippen molar-refractivity contribution in [1.82, 2.24) is 9.97 Å². The highest BCUT2D eigenvalue weighted by atomic mass is 16.3. The minimum atomic E-state index is -0.123. The predicted octanol–water partition coefficient (Wildman–Crippen LogP) is 3.47.